The quantitative estimate of drug-likeness (QED) is 0.510. The summed E-state index contributed by atoms with van der Waals surface area (Å²) in [6, 6.07) is 27.6. The van der Waals surface area contributed by atoms with Crippen molar-refractivity contribution < 1.29 is 0 Å². The van der Waals surface area contributed by atoms with Gasteiger partial charge in [0.1, 0.15) is 0 Å². The molecule has 2 heteroatoms. The molecule has 0 bridgehead atoms. The van der Waals surface area contributed by atoms with Gasteiger partial charge >= 0.3 is 0 Å². The Balaban J connectivity index is 1.80. The van der Waals surface area contributed by atoms with Gasteiger partial charge in [0.15, 0.2) is 0 Å². The van der Waals surface area contributed by atoms with Crippen LogP contribution in [0.2, 0.25) is 0 Å². The molecule has 0 fully saturated rings. The Labute approximate surface area is 135 Å². The first kappa shape index (κ1) is 13.8. The first-order valence-corrected chi connectivity index (χ1v) is 7.81. The van der Waals surface area contributed by atoms with Crippen molar-refractivity contribution in [3.05, 3.63) is 84.4 Å². The Morgan fingerprint density at radius 3 is 2.13 bits per heavy atom. The van der Waals surface area contributed by atoms with Crippen LogP contribution in [0.1, 0.15) is 5.56 Å². The van der Waals surface area contributed by atoms with Crippen LogP contribution in [0, 0.1) is 0 Å². The summed E-state index contributed by atoms with van der Waals surface area (Å²) >= 11 is 0. The highest BCUT2D eigenvalue weighted by Gasteiger charge is 2.03. The predicted octanol–water partition coefficient (Wildman–Crippen LogP) is 5.20. The van der Waals surface area contributed by atoms with E-state index in [2.05, 4.69) is 84.2 Å². The molecule has 0 aliphatic heterocycles. The number of hydrogen-bond acceptors (Lipinski definition) is 2. The minimum Gasteiger partial charge on any atom is -0.355 e. The van der Waals surface area contributed by atoms with Gasteiger partial charge in [-0.2, -0.15) is 0 Å². The lowest BCUT2D eigenvalue weighted by Crippen LogP contribution is -1.96. The van der Waals surface area contributed by atoms with Gasteiger partial charge in [0.25, 0.3) is 0 Å². The lowest BCUT2D eigenvalue weighted by molar-refractivity contribution is 1.07. The third-order valence-electron chi connectivity index (χ3n) is 4.22. The average Bonchev–Trinajstić information content (AvgIpc) is 2.61. The Morgan fingerprint density at radius 1 is 0.696 bits per heavy atom. The Kier molecular flexibility index (Phi) is 3.45. The van der Waals surface area contributed by atoms with Crippen LogP contribution in [0.3, 0.4) is 0 Å². The molecular formula is C21H18N2. The fourth-order valence-electron chi connectivity index (χ4n) is 2.96. The van der Waals surface area contributed by atoms with E-state index in [1.807, 2.05) is 0 Å². The molecule has 0 aliphatic rings. The van der Waals surface area contributed by atoms with E-state index in [-0.39, 0.29) is 0 Å². The zero-order valence-corrected chi connectivity index (χ0v) is 12.8. The minimum atomic E-state index is 0.570. The maximum absolute atomic E-state index is 5.66. The van der Waals surface area contributed by atoms with E-state index in [4.69, 9.17) is 5.73 Å². The van der Waals surface area contributed by atoms with Gasteiger partial charge in [0, 0.05) is 23.3 Å². The van der Waals surface area contributed by atoms with E-state index in [9.17, 15) is 0 Å². The van der Waals surface area contributed by atoms with Crippen LogP contribution < -0.4 is 11.1 Å². The number of fused-ring (bicyclic) bond motifs is 2. The molecule has 0 aromatic heterocycles. The number of hydrogen-bond donors (Lipinski definition) is 2. The summed E-state index contributed by atoms with van der Waals surface area (Å²) in [5.41, 5.74) is 8.99. The van der Waals surface area contributed by atoms with Crippen molar-refractivity contribution in [1.29, 1.82) is 0 Å². The van der Waals surface area contributed by atoms with Gasteiger partial charge in [-0.25, -0.2) is 0 Å². The van der Waals surface area contributed by atoms with Gasteiger partial charge in [-0.3, -0.25) is 0 Å². The highest BCUT2D eigenvalue weighted by atomic mass is 14.9. The van der Waals surface area contributed by atoms with Gasteiger partial charge in [-0.1, -0.05) is 48.5 Å². The molecule has 4 aromatic rings. The second kappa shape index (κ2) is 5.75. The summed E-state index contributed by atoms with van der Waals surface area (Å²) in [6.45, 7) is 0.570. The van der Waals surface area contributed by atoms with Crippen molar-refractivity contribution in [2.75, 3.05) is 5.32 Å². The fraction of sp³-hybridized carbons (Fsp3) is 0.0476. The Bertz CT molecular complexity index is 972. The molecule has 0 unspecified atom stereocenters. The maximum atomic E-state index is 5.66. The zero-order valence-electron chi connectivity index (χ0n) is 12.8. The summed E-state index contributed by atoms with van der Waals surface area (Å²) < 4.78 is 0. The number of nitrogens with one attached hydrogen (secondary N) is 1. The molecule has 4 aromatic carbocycles. The van der Waals surface area contributed by atoms with Crippen molar-refractivity contribution in [1.82, 2.24) is 0 Å². The van der Waals surface area contributed by atoms with Crippen LogP contribution in [0.5, 0.6) is 0 Å². The summed E-state index contributed by atoms with van der Waals surface area (Å²) in [5.74, 6) is 0. The van der Waals surface area contributed by atoms with E-state index in [1.165, 1.54) is 21.5 Å². The van der Waals surface area contributed by atoms with Gasteiger partial charge in [-0.05, 0) is 52.1 Å². The highest BCUT2D eigenvalue weighted by molar-refractivity contribution is 6.04. The number of benzene rings is 4. The molecule has 23 heavy (non-hydrogen) atoms. The SMILES string of the molecule is NCc1ccc(Nc2cccc3cc4ccccc4cc23)cc1. The van der Waals surface area contributed by atoms with Gasteiger partial charge in [0.05, 0.1) is 0 Å². The van der Waals surface area contributed by atoms with Crippen molar-refractivity contribution in [2.24, 2.45) is 5.73 Å². The fourth-order valence-corrected chi connectivity index (χ4v) is 2.96. The summed E-state index contributed by atoms with van der Waals surface area (Å²) in [7, 11) is 0. The molecular weight excluding hydrogens is 280 g/mol. The lowest BCUT2D eigenvalue weighted by Gasteiger charge is -2.11. The zero-order chi connectivity index (χ0) is 15.6. The van der Waals surface area contributed by atoms with Crippen LogP contribution in [0.4, 0.5) is 11.4 Å². The van der Waals surface area contributed by atoms with E-state index in [0.29, 0.717) is 6.54 Å². The summed E-state index contributed by atoms with van der Waals surface area (Å²) in [6.07, 6.45) is 0. The molecule has 0 atom stereocenters. The first-order chi connectivity index (χ1) is 11.3. The number of anilines is 2. The second-order valence-corrected chi connectivity index (χ2v) is 5.75. The lowest BCUT2D eigenvalue weighted by atomic mass is 10.0. The molecule has 0 saturated carbocycles. The number of nitrogens with two attached hydrogens (primary N) is 1. The van der Waals surface area contributed by atoms with Crippen molar-refractivity contribution >= 4 is 32.9 Å². The molecule has 0 radical (unpaired) electrons. The maximum Gasteiger partial charge on any atom is 0.0464 e. The molecule has 0 spiro atoms. The van der Waals surface area contributed by atoms with Crippen LogP contribution in [0.15, 0.2) is 78.9 Å². The molecule has 0 saturated heterocycles. The van der Waals surface area contributed by atoms with Crippen LogP contribution >= 0.6 is 0 Å². The Morgan fingerprint density at radius 2 is 1.39 bits per heavy atom. The smallest absolute Gasteiger partial charge is 0.0464 e. The van der Waals surface area contributed by atoms with Gasteiger partial charge in [-0.15, -0.1) is 0 Å². The highest BCUT2D eigenvalue weighted by Crippen LogP contribution is 2.30. The standard InChI is InChI=1S/C21H18N2/c22-14-15-8-10-19(11-9-15)23-21-7-3-6-18-12-16-4-1-2-5-17(16)13-20(18)21/h1-13,23H,14,22H2. The molecule has 4 rings (SSSR count). The van der Waals surface area contributed by atoms with Crippen LogP contribution in [0.25, 0.3) is 21.5 Å². The normalized spacial score (nSPS) is 11.0. The summed E-state index contributed by atoms with van der Waals surface area (Å²) in [5, 5.41) is 8.52. The minimum absolute atomic E-state index is 0.570. The third kappa shape index (κ3) is 2.65. The third-order valence-corrected chi connectivity index (χ3v) is 4.22. The predicted molar refractivity (Wildman–Crippen MR) is 99.1 cm³/mol. The first-order valence-electron chi connectivity index (χ1n) is 7.81. The van der Waals surface area contributed by atoms with Gasteiger partial charge < -0.3 is 11.1 Å². The summed E-state index contributed by atoms with van der Waals surface area (Å²) in [4.78, 5) is 0. The van der Waals surface area contributed by atoms with E-state index in [0.717, 1.165) is 16.9 Å². The number of rotatable bonds is 3. The molecule has 3 N–H and O–H groups in total. The molecule has 0 amide bonds. The average molecular weight is 298 g/mol. The second-order valence-electron chi connectivity index (χ2n) is 5.75. The molecule has 0 aliphatic carbocycles. The van der Waals surface area contributed by atoms with E-state index in [1.54, 1.807) is 0 Å². The molecule has 112 valence electrons. The monoisotopic (exact) mass is 298 g/mol. The van der Waals surface area contributed by atoms with Crippen molar-refractivity contribution in [3.8, 4) is 0 Å². The molecule has 0 heterocycles. The van der Waals surface area contributed by atoms with Crippen molar-refractivity contribution in [3.63, 3.8) is 0 Å². The molecule has 2 nitrogen and oxygen atoms in total. The van der Waals surface area contributed by atoms with Gasteiger partial charge in [0.2, 0.25) is 0 Å². The van der Waals surface area contributed by atoms with E-state index < -0.39 is 0 Å². The van der Waals surface area contributed by atoms with E-state index >= 15 is 0 Å². The topological polar surface area (TPSA) is 38.0 Å². The van der Waals surface area contributed by atoms with Crippen molar-refractivity contribution in [2.45, 2.75) is 6.54 Å². The Hall–Kier alpha value is -2.84. The van der Waals surface area contributed by atoms with Crippen LogP contribution in [-0.2, 0) is 6.54 Å². The van der Waals surface area contributed by atoms with Crippen LogP contribution in [-0.4, -0.2) is 0 Å². The largest absolute Gasteiger partial charge is 0.355 e.